The first-order valence-corrected chi connectivity index (χ1v) is 8.01. The number of rotatable bonds is 4. The lowest BCUT2D eigenvalue weighted by atomic mass is 10.1. The molecule has 1 N–H and O–H groups in total. The first-order chi connectivity index (χ1) is 11.0. The van der Waals surface area contributed by atoms with Crippen LogP contribution in [-0.2, 0) is 6.42 Å². The van der Waals surface area contributed by atoms with Crippen molar-refractivity contribution in [3.05, 3.63) is 67.9 Å². The zero-order valence-corrected chi connectivity index (χ0v) is 14.5. The summed E-state index contributed by atoms with van der Waals surface area (Å²) in [5.74, 6) is 0.382. The molecule has 0 bridgehead atoms. The predicted octanol–water partition coefficient (Wildman–Crippen LogP) is 6.02. The number of benzene rings is 2. The Kier molecular flexibility index (Phi) is 4.97. The monoisotopic (exact) mass is 387 g/mol. The second kappa shape index (κ2) is 6.97. The second-order valence-electron chi connectivity index (χ2n) is 4.63. The summed E-state index contributed by atoms with van der Waals surface area (Å²) in [6, 6.07) is 10.5. The number of nitrogens with zero attached hydrogens (tertiary/aromatic N) is 2. The molecule has 0 amide bonds. The van der Waals surface area contributed by atoms with E-state index in [2.05, 4.69) is 15.5 Å². The molecule has 3 aromatic rings. The van der Waals surface area contributed by atoms with E-state index in [1.165, 1.54) is 0 Å². The number of anilines is 2. The molecule has 0 unspecified atom stereocenters. The maximum atomic E-state index is 6.13. The van der Waals surface area contributed by atoms with Gasteiger partial charge in [-0.05, 0) is 35.9 Å². The SMILES string of the molecule is Clc1ccc(Nc2nnc(Cc3c(Cl)cccc3Cl)o2)c(Cl)c1. The number of nitrogens with one attached hydrogen (secondary N) is 1. The van der Waals surface area contributed by atoms with Gasteiger partial charge in [-0.25, -0.2) is 0 Å². The fourth-order valence-electron chi connectivity index (χ4n) is 1.93. The van der Waals surface area contributed by atoms with Crippen LogP contribution in [0.1, 0.15) is 11.5 Å². The smallest absolute Gasteiger partial charge is 0.320 e. The summed E-state index contributed by atoms with van der Waals surface area (Å²) >= 11 is 24.2. The van der Waals surface area contributed by atoms with Crippen LogP contribution in [-0.4, -0.2) is 10.2 Å². The maximum absolute atomic E-state index is 6.13. The molecule has 0 aliphatic heterocycles. The number of aromatic nitrogens is 2. The first-order valence-electron chi connectivity index (χ1n) is 6.50. The highest BCUT2D eigenvalue weighted by molar-refractivity contribution is 6.36. The van der Waals surface area contributed by atoms with E-state index in [0.717, 1.165) is 5.56 Å². The van der Waals surface area contributed by atoms with Gasteiger partial charge in [-0.2, -0.15) is 0 Å². The van der Waals surface area contributed by atoms with Crippen molar-refractivity contribution in [2.45, 2.75) is 6.42 Å². The summed E-state index contributed by atoms with van der Waals surface area (Å²) in [4.78, 5) is 0. The Morgan fingerprint density at radius 1 is 0.913 bits per heavy atom. The van der Waals surface area contributed by atoms with Gasteiger partial charge in [0.15, 0.2) is 0 Å². The summed E-state index contributed by atoms with van der Waals surface area (Å²) in [7, 11) is 0. The van der Waals surface area contributed by atoms with Crippen molar-refractivity contribution >= 4 is 58.1 Å². The van der Waals surface area contributed by atoms with Crippen LogP contribution in [0.3, 0.4) is 0 Å². The van der Waals surface area contributed by atoms with Gasteiger partial charge in [-0.15, -0.1) is 5.10 Å². The summed E-state index contributed by atoms with van der Waals surface area (Å²) in [5.41, 5.74) is 1.35. The number of hydrogen-bond acceptors (Lipinski definition) is 4. The van der Waals surface area contributed by atoms with Crippen molar-refractivity contribution in [2.75, 3.05) is 5.32 Å². The molecule has 1 heterocycles. The van der Waals surface area contributed by atoms with E-state index in [4.69, 9.17) is 50.8 Å². The minimum Gasteiger partial charge on any atom is -0.408 e. The molecule has 0 spiro atoms. The molecule has 0 fully saturated rings. The Hall–Kier alpha value is -1.46. The van der Waals surface area contributed by atoms with E-state index < -0.39 is 0 Å². The molecule has 0 atom stereocenters. The topological polar surface area (TPSA) is 51.0 Å². The van der Waals surface area contributed by atoms with Crippen LogP contribution in [0.25, 0.3) is 0 Å². The van der Waals surface area contributed by atoms with Crippen molar-refractivity contribution < 1.29 is 4.42 Å². The quantitative estimate of drug-likeness (QED) is 0.593. The second-order valence-corrected chi connectivity index (χ2v) is 6.29. The van der Waals surface area contributed by atoms with Crippen LogP contribution < -0.4 is 5.32 Å². The Balaban J connectivity index is 1.78. The molecule has 0 aliphatic rings. The van der Waals surface area contributed by atoms with E-state index in [-0.39, 0.29) is 6.01 Å². The third-order valence-electron chi connectivity index (χ3n) is 3.03. The van der Waals surface area contributed by atoms with Crippen LogP contribution in [0.5, 0.6) is 0 Å². The standard InChI is InChI=1S/C15H9Cl4N3O/c16-8-4-5-13(12(19)6-8)20-15-22-21-14(23-15)7-9-10(17)2-1-3-11(9)18/h1-6H,7H2,(H,20,22). The van der Waals surface area contributed by atoms with Crippen LogP contribution in [0.4, 0.5) is 11.7 Å². The van der Waals surface area contributed by atoms with Gasteiger partial charge in [0.05, 0.1) is 17.1 Å². The number of halogens is 4. The predicted molar refractivity (Wildman–Crippen MR) is 93.3 cm³/mol. The molecule has 3 rings (SSSR count). The Morgan fingerprint density at radius 2 is 1.65 bits per heavy atom. The molecular formula is C15H9Cl4N3O. The van der Waals surface area contributed by atoms with Crippen molar-refractivity contribution in [2.24, 2.45) is 0 Å². The normalized spacial score (nSPS) is 10.8. The molecule has 1 aromatic heterocycles. The average Bonchev–Trinajstić information content (AvgIpc) is 2.93. The third kappa shape index (κ3) is 3.90. The van der Waals surface area contributed by atoms with Gasteiger partial charge in [0, 0.05) is 15.1 Å². The van der Waals surface area contributed by atoms with E-state index in [9.17, 15) is 0 Å². The Morgan fingerprint density at radius 3 is 2.35 bits per heavy atom. The van der Waals surface area contributed by atoms with Crippen LogP contribution in [0.2, 0.25) is 20.1 Å². The van der Waals surface area contributed by atoms with Gasteiger partial charge in [-0.3, -0.25) is 0 Å². The van der Waals surface area contributed by atoms with Gasteiger partial charge >= 0.3 is 6.01 Å². The Labute approximate surface area is 152 Å². The summed E-state index contributed by atoms with van der Waals surface area (Å²) in [6.07, 6.45) is 0.335. The Bertz CT molecular complexity index is 830. The van der Waals surface area contributed by atoms with E-state index >= 15 is 0 Å². The molecule has 0 radical (unpaired) electrons. The van der Waals surface area contributed by atoms with E-state index in [1.807, 2.05) is 0 Å². The molecule has 2 aromatic carbocycles. The van der Waals surface area contributed by atoms with E-state index in [0.29, 0.717) is 38.1 Å². The molecule has 0 saturated heterocycles. The largest absolute Gasteiger partial charge is 0.408 e. The minimum atomic E-state index is 0.215. The zero-order valence-electron chi connectivity index (χ0n) is 11.5. The van der Waals surface area contributed by atoms with Gasteiger partial charge < -0.3 is 9.73 Å². The molecule has 23 heavy (non-hydrogen) atoms. The number of hydrogen-bond donors (Lipinski definition) is 1. The first kappa shape index (κ1) is 16.4. The zero-order chi connectivity index (χ0) is 16.4. The molecule has 4 nitrogen and oxygen atoms in total. The van der Waals surface area contributed by atoms with E-state index in [1.54, 1.807) is 36.4 Å². The molecule has 0 saturated carbocycles. The van der Waals surface area contributed by atoms with Crippen LogP contribution in [0.15, 0.2) is 40.8 Å². The third-order valence-corrected chi connectivity index (χ3v) is 4.29. The highest BCUT2D eigenvalue weighted by atomic mass is 35.5. The maximum Gasteiger partial charge on any atom is 0.320 e. The lowest BCUT2D eigenvalue weighted by Crippen LogP contribution is -1.91. The van der Waals surface area contributed by atoms with Crippen molar-refractivity contribution in [3.63, 3.8) is 0 Å². The van der Waals surface area contributed by atoms with Crippen molar-refractivity contribution in [3.8, 4) is 0 Å². The summed E-state index contributed by atoms with van der Waals surface area (Å²) < 4.78 is 5.54. The highest BCUT2D eigenvalue weighted by Crippen LogP contribution is 2.29. The van der Waals surface area contributed by atoms with Gasteiger partial charge in [0.25, 0.3) is 0 Å². The lowest BCUT2D eigenvalue weighted by Gasteiger charge is -2.04. The molecule has 118 valence electrons. The minimum absolute atomic E-state index is 0.215. The van der Waals surface area contributed by atoms with Crippen molar-refractivity contribution in [1.29, 1.82) is 0 Å². The van der Waals surface area contributed by atoms with Gasteiger partial charge in [0.1, 0.15) is 0 Å². The molecule has 8 heteroatoms. The van der Waals surface area contributed by atoms with Crippen LogP contribution >= 0.6 is 46.4 Å². The summed E-state index contributed by atoms with van der Waals surface area (Å²) in [6.45, 7) is 0. The molecule has 0 aliphatic carbocycles. The highest BCUT2D eigenvalue weighted by Gasteiger charge is 2.13. The lowest BCUT2D eigenvalue weighted by molar-refractivity contribution is 0.521. The molecular weight excluding hydrogens is 380 g/mol. The van der Waals surface area contributed by atoms with Gasteiger partial charge in [-0.1, -0.05) is 57.6 Å². The fraction of sp³-hybridized carbons (Fsp3) is 0.0667. The van der Waals surface area contributed by atoms with Crippen LogP contribution in [0, 0.1) is 0 Å². The fourth-order valence-corrected chi connectivity index (χ4v) is 2.92. The summed E-state index contributed by atoms with van der Waals surface area (Å²) in [5, 5.41) is 12.9. The van der Waals surface area contributed by atoms with Gasteiger partial charge in [0.2, 0.25) is 5.89 Å². The average molecular weight is 389 g/mol. The van der Waals surface area contributed by atoms with Crippen molar-refractivity contribution in [1.82, 2.24) is 10.2 Å².